The highest BCUT2D eigenvalue weighted by atomic mass is 16.6. The summed E-state index contributed by atoms with van der Waals surface area (Å²) in [5.41, 5.74) is 8.32. The van der Waals surface area contributed by atoms with Crippen LogP contribution in [0.25, 0.3) is 10.4 Å². The molecule has 0 unspecified atom stereocenters. The average molecular weight is 213 g/mol. The van der Waals surface area contributed by atoms with Crippen molar-refractivity contribution in [3.8, 4) is 0 Å². The van der Waals surface area contributed by atoms with Gasteiger partial charge in [0.15, 0.2) is 6.10 Å². The van der Waals surface area contributed by atoms with Gasteiger partial charge >= 0.3 is 5.97 Å². The predicted octanol–water partition coefficient (Wildman–Crippen LogP) is 0.395. The molecule has 2 rings (SSSR count). The van der Waals surface area contributed by atoms with Crippen molar-refractivity contribution < 1.29 is 19.0 Å². The lowest BCUT2D eigenvalue weighted by atomic mass is 10.1. The number of rotatable bonds is 2. The standard InChI is InChI=1S/C8H11N3O4/c1-4(12)15-6-3-14-7-5(10-11-9)2-13-8(6)7/h5-8H,2-3H2,1H3/t5-,6-,7-,8-/m1/s1. The zero-order valence-electron chi connectivity index (χ0n) is 8.20. The number of carbonyl (C=O) groups is 1. The number of carbonyl (C=O) groups excluding carboxylic acids is 1. The Morgan fingerprint density at radius 2 is 2.20 bits per heavy atom. The van der Waals surface area contributed by atoms with Gasteiger partial charge in [0.2, 0.25) is 0 Å². The van der Waals surface area contributed by atoms with E-state index in [2.05, 4.69) is 10.0 Å². The van der Waals surface area contributed by atoms with Gasteiger partial charge in [0.1, 0.15) is 6.10 Å². The van der Waals surface area contributed by atoms with Gasteiger partial charge in [0.05, 0.1) is 25.4 Å². The van der Waals surface area contributed by atoms with E-state index in [0.29, 0.717) is 13.2 Å². The molecule has 0 saturated carbocycles. The maximum absolute atomic E-state index is 10.8. The molecule has 0 aliphatic carbocycles. The second-order valence-electron chi connectivity index (χ2n) is 3.52. The van der Waals surface area contributed by atoms with Crippen LogP contribution in [-0.2, 0) is 19.0 Å². The Kier molecular flexibility index (Phi) is 2.77. The maximum atomic E-state index is 10.8. The third-order valence-electron chi connectivity index (χ3n) is 2.50. The zero-order valence-corrected chi connectivity index (χ0v) is 8.20. The fourth-order valence-electron chi connectivity index (χ4n) is 1.92. The molecule has 2 fully saturated rings. The van der Waals surface area contributed by atoms with Crippen molar-refractivity contribution >= 4 is 5.97 Å². The molecule has 0 amide bonds. The molecular weight excluding hydrogens is 202 g/mol. The Morgan fingerprint density at radius 3 is 2.87 bits per heavy atom. The fraction of sp³-hybridized carbons (Fsp3) is 0.875. The summed E-state index contributed by atoms with van der Waals surface area (Å²) in [5.74, 6) is -0.361. The van der Waals surface area contributed by atoms with E-state index < -0.39 is 0 Å². The number of ether oxygens (including phenoxy) is 3. The molecule has 0 aromatic heterocycles. The van der Waals surface area contributed by atoms with Crippen molar-refractivity contribution in [1.29, 1.82) is 0 Å². The van der Waals surface area contributed by atoms with Gasteiger partial charge in [-0.15, -0.1) is 0 Å². The molecule has 2 saturated heterocycles. The van der Waals surface area contributed by atoms with E-state index in [1.54, 1.807) is 0 Å². The average Bonchev–Trinajstić information content (AvgIpc) is 2.71. The van der Waals surface area contributed by atoms with Gasteiger partial charge in [-0.25, -0.2) is 0 Å². The van der Waals surface area contributed by atoms with Gasteiger partial charge in [-0.1, -0.05) is 5.11 Å². The van der Waals surface area contributed by atoms with Gasteiger partial charge in [-0.3, -0.25) is 4.79 Å². The van der Waals surface area contributed by atoms with Crippen LogP contribution in [0.1, 0.15) is 6.92 Å². The van der Waals surface area contributed by atoms with E-state index in [0.717, 1.165) is 0 Å². The summed E-state index contributed by atoms with van der Waals surface area (Å²) < 4.78 is 15.8. The molecule has 15 heavy (non-hydrogen) atoms. The van der Waals surface area contributed by atoms with Gasteiger partial charge in [0, 0.05) is 11.8 Å². The van der Waals surface area contributed by atoms with Crippen LogP contribution in [0.3, 0.4) is 0 Å². The molecule has 7 heteroatoms. The van der Waals surface area contributed by atoms with Gasteiger partial charge in [-0.05, 0) is 5.53 Å². The molecule has 0 aromatic carbocycles. The molecule has 0 bridgehead atoms. The topological polar surface area (TPSA) is 93.5 Å². The second kappa shape index (κ2) is 4.06. The van der Waals surface area contributed by atoms with Crippen molar-refractivity contribution in [2.45, 2.75) is 31.3 Å². The molecular formula is C8H11N3O4. The smallest absolute Gasteiger partial charge is 0.303 e. The largest absolute Gasteiger partial charge is 0.457 e. The Bertz CT molecular complexity index is 315. The maximum Gasteiger partial charge on any atom is 0.303 e. The van der Waals surface area contributed by atoms with Crippen LogP contribution in [0.5, 0.6) is 0 Å². The van der Waals surface area contributed by atoms with E-state index in [4.69, 9.17) is 19.7 Å². The van der Waals surface area contributed by atoms with Crippen LogP contribution in [0.2, 0.25) is 0 Å². The van der Waals surface area contributed by atoms with Crippen LogP contribution < -0.4 is 0 Å². The molecule has 4 atom stereocenters. The van der Waals surface area contributed by atoms with E-state index in [1.807, 2.05) is 0 Å². The van der Waals surface area contributed by atoms with Crippen molar-refractivity contribution in [1.82, 2.24) is 0 Å². The summed E-state index contributed by atoms with van der Waals surface area (Å²) in [6, 6.07) is -0.319. The molecule has 82 valence electrons. The van der Waals surface area contributed by atoms with Gasteiger partial charge in [0.25, 0.3) is 0 Å². The Hall–Kier alpha value is -1.30. The highest BCUT2D eigenvalue weighted by molar-refractivity contribution is 5.66. The minimum Gasteiger partial charge on any atom is -0.457 e. The van der Waals surface area contributed by atoms with E-state index in [-0.39, 0.29) is 30.3 Å². The van der Waals surface area contributed by atoms with Crippen molar-refractivity contribution in [2.24, 2.45) is 5.11 Å². The predicted molar refractivity (Wildman–Crippen MR) is 48.0 cm³/mol. The summed E-state index contributed by atoms with van der Waals surface area (Å²) in [5, 5.41) is 3.57. The zero-order chi connectivity index (χ0) is 10.8. The number of azide groups is 1. The highest BCUT2D eigenvalue weighted by Crippen LogP contribution is 2.30. The first-order valence-electron chi connectivity index (χ1n) is 4.67. The van der Waals surface area contributed by atoms with Crippen molar-refractivity contribution in [3.63, 3.8) is 0 Å². The molecule has 0 aromatic rings. The van der Waals surface area contributed by atoms with Crippen LogP contribution in [0.4, 0.5) is 0 Å². The third kappa shape index (κ3) is 1.90. The van der Waals surface area contributed by atoms with Crippen LogP contribution in [0.15, 0.2) is 5.11 Å². The Balaban J connectivity index is 2.01. The number of nitrogens with zero attached hydrogens (tertiary/aromatic N) is 3. The molecule has 2 aliphatic rings. The normalized spacial score (nSPS) is 38.2. The van der Waals surface area contributed by atoms with Crippen molar-refractivity contribution in [3.05, 3.63) is 10.4 Å². The third-order valence-corrected chi connectivity index (χ3v) is 2.50. The van der Waals surface area contributed by atoms with Crippen LogP contribution in [0, 0.1) is 0 Å². The minimum absolute atomic E-state index is 0.287. The lowest BCUT2D eigenvalue weighted by molar-refractivity contribution is -0.150. The molecule has 2 aliphatic heterocycles. The molecule has 7 nitrogen and oxygen atoms in total. The number of hydrogen-bond acceptors (Lipinski definition) is 5. The van der Waals surface area contributed by atoms with E-state index in [9.17, 15) is 4.79 Å². The Morgan fingerprint density at radius 1 is 1.47 bits per heavy atom. The molecule has 0 spiro atoms. The monoisotopic (exact) mass is 213 g/mol. The molecule has 0 radical (unpaired) electrons. The summed E-state index contributed by atoms with van der Waals surface area (Å²) in [4.78, 5) is 13.5. The lowest BCUT2D eigenvalue weighted by Crippen LogP contribution is -2.33. The van der Waals surface area contributed by atoms with Crippen LogP contribution in [-0.4, -0.2) is 43.5 Å². The van der Waals surface area contributed by atoms with Gasteiger partial charge in [-0.2, -0.15) is 0 Å². The quantitative estimate of drug-likeness (QED) is 0.287. The number of hydrogen-bond donors (Lipinski definition) is 0. The van der Waals surface area contributed by atoms with Crippen molar-refractivity contribution in [2.75, 3.05) is 13.2 Å². The highest BCUT2D eigenvalue weighted by Gasteiger charge is 2.48. The lowest BCUT2D eigenvalue weighted by Gasteiger charge is -2.15. The minimum atomic E-state index is -0.383. The first-order valence-corrected chi connectivity index (χ1v) is 4.67. The van der Waals surface area contributed by atoms with Crippen LogP contribution >= 0.6 is 0 Å². The summed E-state index contributed by atoms with van der Waals surface area (Å²) in [6.45, 7) is 1.96. The fourth-order valence-corrected chi connectivity index (χ4v) is 1.92. The number of fused-ring (bicyclic) bond motifs is 1. The van der Waals surface area contributed by atoms with E-state index >= 15 is 0 Å². The first-order chi connectivity index (χ1) is 7.22. The SMILES string of the molecule is CC(=O)O[C@@H]1CO[C@H]2[C@@H]1OC[C@H]2N=[N+]=[N-]. The Labute approximate surface area is 85.9 Å². The number of esters is 1. The summed E-state index contributed by atoms with van der Waals surface area (Å²) in [7, 11) is 0. The van der Waals surface area contributed by atoms with Gasteiger partial charge < -0.3 is 14.2 Å². The summed E-state index contributed by atoms with van der Waals surface area (Å²) >= 11 is 0. The molecule has 2 heterocycles. The molecule has 0 N–H and O–H groups in total. The first kappa shape index (κ1) is 10.2. The summed E-state index contributed by atoms with van der Waals surface area (Å²) in [6.07, 6.45) is -0.971. The van der Waals surface area contributed by atoms with E-state index in [1.165, 1.54) is 6.92 Å². The second-order valence-corrected chi connectivity index (χ2v) is 3.52.